The molecule has 1 unspecified atom stereocenters. The number of aliphatic hydroxyl groups excluding tert-OH is 1. The fourth-order valence-electron chi connectivity index (χ4n) is 2.01. The Balaban J connectivity index is 1.67. The molecule has 4 nitrogen and oxygen atoms in total. The van der Waals surface area contributed by atoms with E-state index in [1.165, 1.54) is 6.33 Å². The summed E-state index contributed by atoms with van der Waals surface area (Å²) in [5.74, 6) is 0.711. The van der Waals surface area contributed by atoms with Crippen molar-refractivity contribution in [1.29, 1.82) is 0 Å². The maximum absolute atomic E-state index is 10.1. The van der Waals surface area contributed by atoms with E-state index in [-0.39, 0.29) is 0 Å². The first-order valence-electron chi connectivity index (χ1n) is 6.66. The second-order valence-electron chi connectivity index (χ2n) is 4.57. The molecule has 0 saturated carbocycles. The second kappa shape index (κ2) is 6.47. The minimum absolute atomic E-state index is 0.408. The Morgan fingerprint density at radius 3 is 2.71 bits per heavy atom. The summed E-state index contributed by atoms with van der Waals surface area (Å²) in [6.45, 7) is 0.408. The molecule has 2 N–H and O–H groups in total. The van der Waals surface area contributed by atoms with Crippen LogP contribution in [-0.4, -0.2) is 21.6 Å². The smallest absolute Gasteiger partial charge is 0.130 e. The molecular formula is C16H15N3OS. The minimum atomic E-state index is -0.564. The third kappa shape index (κ3) is 3.45. The van der Waals surface area contributed by atoms with Crippen LogP contribution in [0.25, 0.3) is 10.6 Å². The predicted octanol–water partition coefficient (Wildman–Crippen LogP) is 3.35. The van der Waals surface area contributed by atoms with Crippen LogP contribution < -0.4 is 5.32 Å². The molecule has 0 aliphatic carbocycles. The Hall–Kier alpha value is -2.24. The van der Waals surface area contributed by atoms with Crippen molar-refractivity contribution in [2.45, 2.75) is 6.10 Å². The summed E-state index contributed by atoms with van der Waals surface area (Å²) in [5.41, 5.74) is 1.77. The first-order chi connectivity index (χ1) is 10.3. The summed E-state index contributed by atoms with van der Waals surface area (Å²) in [4.78, 5) is 9.55. The fraction of sp³-hybridized carbons (Fsp3) is 0.125. The summed E-state index contributed by atoms with van der Waals surface area (Å²) in [6.07, 6.45) is 0.970. The Morgan fingerprint density at radius 1 is 1.10 bits per heavy atom. The maximum atomic E-state index is 10.1. The highest BCUT2D eigenvalue weighted by atomic mass is 32.1. The fourth-order valence-corrected chi connectivity index (χ4v) is 2.70. The van der Waals surface area contributed by atoms with Crippen LogP contribution in [0.1, 0.15) is 11.7 Å². The van der Waals surface area contributed by atoms with Crippen molar-refractivity contribution >= 4 is 17.2 Å². The van der Waals surface area contributed by atoms with Gasteiger partial charge in [0.1, 0.15) is 12.1 Å². The average molecular weight is 297 g/mol. The number of aliphatic hydroxyl groups is 1. The number of anilines is 1. The van der Waals surface area contributed by atoms with E-state index in [1.807, 2.05) is 53.9 Å². The molecule has 0 radical (unpaired) electrons. The monoisotopic (exact) mass is 297 g/mol. The summed E-state index contributed by atoms with van der Waals surface area (Å²) in [7, 11) is 0. The molecule has 5 heteroatoms. The van der Waals surface area contributed by atoms with Crippen molar-refractivity contribution in [3.05, 3.63) is 65.8 Å². The number of thiophene rings is 1. The zero-order valence-corrected chi connectivity index (χ0v) is 12.1. The third-order valence-electron chi connectivity index (χ3n) is 3.10. The minimum Gasteiger partial charge on any atom is -0.387 e. The van der Waals surface area contributed by atoms with Gasteiger partial charge in [-0.25, -0.2) is 9.97 Å². The SMILES string of the molecule is OC(CNc1cc(-c2cccs2)ncn1)c1ccccc1. The molecule has 1 aromatic carbocycles. The molecule has 106 valence electrons. The van der Waals surface area contributed by atoms with Gasteiger partial charge in [0.2, 0.25) is 0 Å². The highest BCUT2D eigenvalue weighted by Crippen LogP contribution is 2.23. The molecule has 0 fully saturated rings. The van der Waals surface area contributed by atoms with Crippen LogP contribution in [0.5, 0.6) is 0 Å². The molecule has 2 heterocycles. The first kappa shape index (κ1) is 13.7. The lowest BCUT2D eigenvalue weighted by Crippen LogP contribution is -2.13. The van der Waals surface area contributed by atoms with Crippen LogP contribution in [0.2, 0.25) is 0 Å². The van der Waals surface area contributed by atoms with E-state index in [1.54, 1.807) is 11.3 Å². The van der Waals surface area contributed by atoms with Crippen LogP contribution in [0.15, 0.2) is 60.2 Å². The Bertz CT molecular complexity index is 686. The van der Waals surface area contributed by atoms with Gasteiger partial charge in [0.25, 0.3) is 0 Å². The zero-order chi connectivity index (χ0) is 14.5. The lowest BCUT2D eigenvalue weighted by molar-refractivity contribution is 0.191. The van der Waals surface area contributed by atoms with E-state index in [4.69, 9.17) is 0 Å². The average Bonchev–Trinajstić information content (AvgIpc) is 3.08. The van der Waals surface area contributed by atoms with Gasteiger partial charge < -0.3 is 10.4 Å². The number of rotatable bonds is 5. The number of hydrogen-bond donors (Lipinski definition) is 2. The van der Waals surface area contributed by atoms with Gasteiger partial charge in [-0.3, -0.25) is 0 Å². The van der Waals surface area contributed by atoms with Gasteiger partial charge in [-0.05, 0) is 17.0 Å². The first-order valence-corrected chi connectivity index (χ1v) is 7.54. The Kier molecular flexibility index (Phi) is 4.23. The molecule has 21 heavy (non-hydrogen) atoms. The number of hydrogen-bond acceptors (Lipinski definition) is 5. The Morgan fingerprint density at radius 2 is 1.95 bits per heavy atom. The van der Waals surface area contributed by atoms with Gasteiger partial charge in [0.05, 0.1) is 16.7 Å². The van der Waals surface area contributed by atoms with Crippen LogP contribution in [0.4, 0.5) is 5.82 Å². The molecule has 0 bridgehead atoms. The van der Waals surface area contributed by atoms with Gasteiger partial charge in [0.15, 0.2) is 0 Å². The summed E-state index contributed by atoms with van der Waals surface area (Å²) in [5, 5.41) is 15.3. The van der Waals surface area contributed by atoms with E-state index in [0.717, 1.165) is 16.1 Å². The van der Waals surface area contributed by atoms with Crippen molar-refractivity contribution in [1.82, 2.24) is 9.97 Å². The topological polar surface area (TPSA) is 58.0 Å². The van der Waals surface area contributed by atoms with Gasteiger partial charge in [0, 0.05) is 12.6 Å². The summed E-state index contributed by atoms with van der Waals surface area (Å²) >= 11 is 1.64. The second-order valence-corrected chi connectivity index (χ2v) is 5.52. The summed E-state index contributed by atoms with van der Waals surface area (Å²) in [6, 6.07) is 15.5. The predicted molar refractivity (Wildman–Crippen MR) is 85.2 cm³/mol. The highest BCUT2D eigenvalue weighted by Gasteiger charge is 2.08. The van der Waals surface area contributed by atoms with Crippen LogP contribution in [0.3, 0.4) is 0 Å². The van der Waals surface area contributed by atoms with Crippen molar-refractivity contribution in [2.75, 3.05) is 11.9 Å². The van der Waals surface area contributed by atoms with E-state index < -0.39 is 6.10 Å². The molecule has 2 aromatic heterocycles. The number of aromatic nitrogens is 2. The van der Waals surface area contributed by atoms with Crippen molar-refractivity contribution in [3.8, 4) is 10.6 Å². The lowest BCUT2D eigenvalue weighted by Gasteiger charge is -2.12. The van der Waals surface area contributed by atoms with E-state index >= 15 is 0 Å². The van der Waals surface area contributed by atoms with Gasteiger partial charge in [-0.15, -0.1) is 11.3 Å². The standard InChI is InChI=1S/C16H15N3OS/c20-14(12-5-2-1-3-6-12)10-17-16-9-13(18-11-19-16)15-7-4-8-21-15/h1-9,11,14,20H,10H2,(H,17,18,19). The quantitative estimate of drug-likeness (QED) is 0.758. The van der Waals surface area contributed by atoms with Crippen LogP contribution in [-0.2, 0) is 0 Å². The number of nitrogens with zero attached hydrogens (tertiary/aromatic N) is 2. The third-order valence-corrected chi connectivity index (χ3v) is 3.99. The molecule has 3 rings (SSSR count). The lowest BCUT2D eigenvalue weighted by atomic mass is 10.1. The highest BCUT2D eigenvalue weighted by molar-refractivity contribution is 7.13. The van der Waals surface area contributed by atoms with E-state index in [9.17, 15) is 5.11 Å². The molecule has 1 atom stereocenters. The summed E-state index contributed by atoms with van der Waals surface area (Å²) < 4.78 is 0. The van der Waals surface area contributed by atoms with Crippen LogP contribution in [0, 0.1) is 0 Å². The van der Waals surface area contributed by atoms with E-state index in [2.05, 4.69) is 15.3 Å². The van der Waals surface area contributed by atoms with Crippen molar-refractivity contribution in [3.63, 3.8) is 0 Å². The normalized spacial score (nSPS) is 12.0. The molecule has 0 aliphatic heterocycles. The molecule has 0 amide bonds. The molecule has 0 spiro atoms. The largest absolute Gasteiger partial charge is 0.387 e. The van der Waals surface area contributed by atoms with Crippen LogP contribution >= 0.6 is 11.3 Å². The van der Waals surface area contributed by atoms with E-state index in [0.29, 0.717) is 12.4 Å². The Labute approximate surface area is 127 Å². The van der Waals surface area contributed by atoms with Gasteiger partial charge in [-0.1, -0.05) is 36.4 Å². The molecule has 3 aromatic rings. The molecule has 0 saturated heterocycles. The van der Waals surface area contributed by atoms with Crippen molar-refractivity contribution < 1.29 is 5.11 Å². The van der Waals surface area contributed by atoms with Gasteiger partial charge in [-0.2, -0.15) is 0 Å². The number of benzene rings is 1. The maximum Gasteiger partial charge on any atom is 0.130 e. The molecular weight excluding hydrogens is 282 g/mol. The van der Waals surface area contributed by atoms with Gasteiger partial charge >= 0.3 is 0 Å². The number of nitrogens with one attached hydrogen (secondary N) is 1. The van der Waals surface area contributed by atoms with Crippen molar-refractivity contribution in [2.24, 2.45) is 0 Å². The molecule has 0 aliphatic rings. The zero-order valence-electron chi connectivity index (χ0n) is 11.3.